The average molecular weight is 296 g/mol. The van der Waals surface area contributed by atoms with Gasteiger partial charge in [0.1, 0.15) is 0 Å². The molecule has 110 valence electrons. The Morgan fingerprint density at radius 2 is 1.90 bits per heavy atom. The molecule has 1 aromatic carbocycles. The lowest BCUT2D eigenvalue weighted by Crippen LogP contribution is -2.17. The Labute approximate surface area is 117 Å². The number of rotatable bonds is 2. The van der Waals surface area contributed by atoms with Crippen molar-refractivity contribution in [3.63, 3.8) is 0 Å². The Kier molecular flexibility index (Phi) is 3.84. The number of carbonyl (C=O) groups excluding carboxylic acids is 1. The van der Waals surface area contributed by atoms with Gasteiger partial charge in [0.25, 0.3) is 5.91 Å². The van der Waals surface area contributed by atoms with Crippen molar-refractivity contribution in [1.82, 2.24) is 4.98 Å². The number of nitrogens with one attached hydrogen (secondary N) is 2. The van der Waals surface area contributed by atoms with Crippen molar-refractivity contribution in [2.24, 2.45) is 0 Å². The predicted octanol–water partition coefficient (Wildman–Crippen LogP) is 2.95. The lowest BCUT2D eigenvalue weighted by atomic mass is 10.1. The summed E-state index contributed by atoms with van der Waals surface area (Å²) in [4.78, 5) is 25.4. The van der Waals surface area contributed by atoms with Gasteiger partial charge in [-0.1, -0.05) is 6.07 Å². The summed E-state index contributed by atoms with van der Waals surface area (Å²) in [5.41, 5.74) is -0.718. The number of amides is 1. The van der Waals surface area contributed by atoms with Crippen LogP contribution in [0.25, 0.3) is 0 Å². The number of hydrogen-bond donors (Lipinski definition) is 2. The van der Waals surface area contributed by atoms with Crippen LogP contribution in [0.2, 0.25) is 0 Å². The van der Waals surface area contributed by atoms with E-state index in [2.05, 4.69) is 10.3 Å². The minimum absolute atomic E-state index is 0.0510. The van der Waals surface area contributed by atoms with Crippen molar-refractivity contribution >= 4 is 11.6 Å². The summed E-state index contributed by atoms with van der Waals surface area (Å²) in [6.07, 6.45) is -3.20. The van der Waals surface area contributed by atoms with Crippen LogP contribution < -0.4 is 10.9 Å². The Bertz CT molecular complexity index is 735. The lowest BCUT2D eigenvalue weighted by molar-refractivity contribution is -0.137. The zero-order valence-corrected chi connectivity index (χ0v) is 10.9. The van der Waals surface area contributed by atoms with Gasteiger partial charge in [0.15, 0.2) is 0 Å². The number of anilines is 1. The van der Waals surface area contributed by atoms with Gasteiger partial charge < -0.3 is 10.3 Å². The topological polar surface area (TPSA) is 62.0 Å². The third-order valence-corrected chi connectivity index (χ3v) is 2.85. The van der Waals surface area contributed by atoms with Crippen LogP contribution in [-0.2, 0) is 6.18 Å². The Hall–Kier alpha value is -2.57. The molecular formula is C14H11F3N2O2. The molecule has 2 N–H and O–H groups in total. The molecule has 0 spiro atoms. The van der Waals surface area contributed by atoms with E-state index in [1.54, 1.807) is 6.92 Å². The maximum atomic E-state index is 12.7. The summed E-state index contributed by atoms with van der Waals surface area (Å²) in [7, 11) is 0. The lowest BCUT2D eigenvalue weighted by Gasteiger charge is -2.12. The van der Waals surface area contributed by atoms with E-state index >= 15 is 0 Å². The molecular weight excluding hydrogens is 285 g/mol. The first-order chi connectivity index (χ1) is 9.77. The van der Waals surface area contributed by atoms with E-state index in [0.29, 0.717) is 5.56 Å². The molecule has 0 atom stereocenters. The van der Waals surface area contributed by atoms with Gasteiger partial charge in [-0.2, -0.15) is 13.2 Å². The molecule has 0 aliphatic rings. The fraction of sp³-hybridized carbons (Fsp3) is 0.143. The number of H-pyrrole nitrogens is 1. The summed E-state index contributed by atoms with van der Waals surface area (Å²) in [5, 5.41) is 2.37. The Balaban J connectivity index is 2.31. The highest BCUT2D eigenvalue weighted by atomic mass is 19.4. The van der Waals surface area contributed by atoms with E-state index in [1.807, 2.05) is 0 Å². The summed E-state index contributed by atoms with van der Waals surface area (Å²) in [5.74, 6) is -0.650. The van der Waals surface area contributed by atoms with Gasteiger partial charge in [0.05, 0.1) is 5.56 Å². The zero-order valence-electron chi connectivity index (χ0n) is 10.9. The molecule has 0 fully saturated rings. The minimum atomic E-state index is -4.49. The molecule has 4 nitrogen and oxygen atoms in total. The monoisotopic (exact) mass is 296 g/mol. The van der Waals surface area contributed by atoms with Crippen LogP contribution in [-0.4, -0.2) is 10.9 Å². The quantitative estimate of drug-likeness (QED) is 0.895. The molecule has 1 amide bonds. The fourth-order valence-corrected chi connectivity index (χ4v) is 1.71. The van der Waals surface area contributed by atoms with Crippen LogP contribution in [0.4, 0.5) is 18.9 Å². The van der Waals surface area contributed by atoms with Crippen LogP contribution in [0.5, 0.6) is 0 Å². The number of carbonyl (C=O) groups is 1. The van der Waals surface area contributed by atoms with Crippen LogP contribution in [0.3, 0.4) is 0 Å². The standard InChI is InChI=1S/C14H11F3N2O2/c1-8-2-3-10(14(15,16)17)7-11(8)19-13(21)9-4-5-18-12(20)6-9/h2-7H,1H3,(H,18,20)(H,19,21). The smallest absolute Gasteiger partial charge is 0.329 e. The highest BCUT2D eigenvalue weighted by Crippen LogP contribution is 2.32. The third-order valence-electron chi connectivity index (χ3n) is 2.85. The first-order valence-corrected chi connectivity index (χ1v) is 5.95. The molecule has 0 saturated heterocycles. The van der Waals surface area contributed by atoms with E-state index in [-0.39, 0.29) is 11.3 Å². The first-order valence-electron chi connectivity index (χ1n) is 5.95. The molecule has 2 aromatic rings. The van der Waals surface area contributed by atoms with Crippen molar-refractivity contribution in [1.29, 1.82) is 0 Å². The van der Waals surface area contributed by atoms with Gasteiger partial charge in [0.2, 0.25) is 5.56 Å². The second kappa shape index (κ2) is 5.43. The number of hydrogen-bond acceptors (Lipinski definition) is 2. The molecule has 2 rings (SSSR count). The SMILES string of the molecule is Cc1ccc(C(F)(F)F)cc1NC(=O)c1cc[nH]c(=O)c1. The summed E-state index contributed by atoms with van der Waals surface area (Å²) < 4.78 is 38.0. The number of aryl methyl sites for hydroxylation is 1. The predicted molar refractivity (Wildman–Crippen MR) is 71.2 cm³/mol. The summed E-state index contributed by atoms with van der Waals surface area (Å²) in [6, 6.07) is 5.51. The van der Waals surface area contributed by atoms with Gasteiger partial charge in [-0.15, -0.1) is 0 Å². The van der Waals surface area contributed by atoms with Crippen LogP contribution in [0, 0.1) is 6.92 Å². The largest absolute Gasteiger partial charge is 0.416 e. The van der Waals surface area contributed by atoms with Crippen molar-refractivity contribution in [2.75, 3.05) is 5.32 Å². The minimum Gasteiger partial charge on any atom is -0.329 e. The first kappa shape index (κ1) is 14.8. The van der Waals surface area contributed by atoms with Crippen molar-refractivity contribution < 1.29 is 18.0 Å². The molecule has 0 bridgehead atoms. The van der Waals surface area contributed by atoms with Gasteiger partial charge in [-0.3, -0.25) is 9.59 Å². The van der Waals surface area contributed by atoms with Gasteiger partial charge in [0, 0.05) is 23.5 Å². The molecule has 0 radical (unpaired) electrons. The van der Waals surface area contributed by atoms with Crippen LogP contribution in [0.15, 0.2) is 41.3 Å². The average Bonchev–Trinajstić information content (AvgIpc) is 2.40. The van der Waals surface area contributed by atoms with Crippen molar-refractivity contribution in [3.05, 3.63) is 63.6 Å². The second-order valence-electron chi connectivity index (χ2n) is 4.42. The molecule has 7 heteroatoms. The Morgan fingerprint density at radius 1 is 1.19 bits per heavy atom. The molecule has 0 unspecified atom stereocenters. The van der Waals surface area contributed by atoms with E-state index in [0.717, 1.165) is 18.2 Å². The fourth-order valence-electron chi connectivity index (χ4n) is 1.71. The number of alkyl halides is 3. The third kappa shape index (κ3) is 3.50. The number of benzene rings is 1. The summed E-state index contributed by atoms with van der Waals surface area (Å²) in [6.45, 7) is 1.58. The van der Waals surface area contributed by atoms with Crippen molar-refractivity contribution in [3.8, 4) is 0 Å². The second-order valence-corrected chi connectivity index (χ2v) is 4.42. The van der Waals surface area contributed by atoms with Crippen LogP contribution >= 0.6 is 0 Å². The maximum Gasteiger partial charge on any atom is 0.416 e. The summed E-state index contributed by atoms with van der Waals surface area (Å²) >= 11 is 0. The number of aromatic nitrogens is 1. The molecule has 0 aliphatic carbocycles. The molecule has 1 heterocycles. The normalized spacial score (nSPS) is 11.2. The molecule has 0 aliphatic heterocycles. The van der Waals surface area contributed by atoms with E-state index in [4.69, 9.17) is 0 Å². The zero-order chi connectivity index (χ0) is 15.6. The van der Waals surface area contributed by atoms with E-state index in [9.17, 15) is 22.8 Å². The molecule has 21 heavy (non-hydrogen) atoms. The highest BCUT2D eigenvalue weighted by molar-refractivity contribution is 6.04. The molecule has 0 saturated carbocycles. The number of aromatic amines is 1. The van der Waals surface area contributed by atoms with E-state index in [1.165, 1.54) is 18.3 Å². The number of pyridine rings is 1. The van der Waals surface area contributed by atoms with Gasteiger partial charge in [-0.05, 0) is 30.7 Å². The van der Waals surface area contributed by atoms with E-state index < -0.39 is 23.2 Å². The maximum absolute atomic E-state index is 12.7. The number of halogens is 3. The molecule has 1 aromatic heterocycles. The highest BCUT2D eigenvalue weighted by Gasteiger charge is 2.30. The van der Waals surface area contributed by atoms with Gasteiger partial charge in [-0.25, -0.2) is 0 Å². The Morgan fingerprint density at radius 3 is 2.52 bits per heavy atom. The van der Waals surface area contributed by atoms with Crippen molar-refractivity contribution in [2.45, 2.75) is 13.1 Å². The van der Waals surface area contributed by atoms with Gasteiger partial charge >= 0.3 is 6.18 Å². The van der Waals surface area contributed by atoms with Crippen LogP contribution in [0.1, 0.15) is 21.5 Å².